The van der Waals surface area contributed by atoms with Gasteiger partial charge in [0, 0.05) is 6.42 Å². The lowest BCUT2D eigenvalue weighted by Crippen LogP contribution is -1.99. The Hall–Kier alpha value is -1.80. The smallest absolute Gasteiger partial charge is 0.305 e. The first kappa shape index (κ1) is 16.6. The van der Waals surface area contributed by atoms with Crippen molar-refractivity contribution in [3.05, 3.63) is 71.3 Å². The van der Waals surface area contributed by atoms with Crippen molar-refractivity contribution in [2.45, 2.75) is 31.1 Å². The third-order valence-corrected chi connectivity index (χ3v) is 4.19. The van der Waals surface area contributed by atoms with E-state index < -0.39 is 0 Å². The second-order valence-corrected chi connectivity index (χ2v) is 5.73. The van der Waals surface area contributed by atoms with Crippen LogP contribution in [0.15, 0.2) is 54.6 Å². The highest BCUT2D eigenvalue weighted by Crippen LogP contribution is 2.28. The molecule has 0 N–H and O–H groups in total. The summed E-state index contributed by atoms with van der Waals surface area (Å²) in [5, 5.41) is -0.116. The molecule has 0 amide bonds. The van der Waals surface area contributed by atoms with Gasteiger partial charge in [-0.25, -0.2) is 0 Å². The van der Waals surface area contributed by atoms with Gasteiger partial charge in [0.1, 0.15) is 0 Å². The SMILES string of the molecule is COC(=O)CCCCc1ccc(C(Cl)c2ccccc2)cc1. The van der Waals surface area contributed by atoms with Crippen LogP contribution in [0, 0.1) is 0 Å². The molecule has 0 heterocycles. The predicted molar refractivity (Wildman–Crippen MR) is 90.2 cm³/mol. The molecule has 22 heavy (non-hydrogen) atoms. The van der Waals surface area contributed by atoms with Crippen molar-refractivity contribution in [3.63, 3.8) is 0 Å². The van der Waals surface area contributed by atoms with Crippen molar-refractivity contribution in [1.29, 1.82) is 0 Å². The first-order chi connectivity index (χ1) is 10.7. The highest BCUT2D eigenvalue weighted by Gasteiger charge is 2.09. The molecule has 0 aliphatic heterocycles. The fourth-order valence-electron chi connectivity index (χ4n) is 2.37. The second kappa shape index (κ2) is 8.60. The van der Waals surface area contributed by atoms with Crippen LogP contribution in [0.4, 0.5) is 0 Å². The summed E-state index contributed by atoms with van der Waals surface area (Å²) in [7, 11) is 1.43. The van der Waals surface area contributed by atoms with Crippen LogP contribution in [0.1, 0.15) is 41.3 Å². The normalized spacial score (nSPS) is 11.9. The minimum atomic E-state index is -0.136. The van der Waals surface area contributed by atoms with E-state index >= 15 is 0 Å². The molecule has 2 rings (SSSR count). The first-order valence-electron chi connectivity index (χ1n) is 7.55. The van der Waals surface area contributed by atoms with Gasteiger partial charge in [-0.3, -0.25) is 4.79 Å². The highest BCUT2D eigenvalue weighted by molar-refractivity contribution is 6.22. The van der Waals surface area contributed by atoms with Crippen LogP contribution in [0.25, 0.3) is 0 Å². The topological polar surface area (TPSA) is 26.3 Å². The lowest BCUT2D eigenvalue weighted by Gasteiger charge is -2.11. The molecule has 2 aromatic rings. The van der Waals surface area contributed by atoms with Gasteiger partial charge in [0.2, 0.25) is 0 Å². The Labute approximate surface area is 137 Å². The van der Waals surface area contributed by atoms with E-state index in [1.165, 1.54) is 12.7 Å². The van der Waals surface area contributed by atoms with Gasteiger partial charge >= 0.3 is 5.97 Å². The molecule has 0 aliphatic rings. The Morgan fingerprint density at radius 1 is 1.00 bits per heavy atom. The Kier molecular flexibility index (Phi) is 6.47. The number of ether oxygens (including phenoxy) is 1. The summed E-state index contributed by atoms with van der Waals surface area (Å²) in [6, 6.07) is 18.5. The molecule has 116 valence electrons. The molecule has 1 atom stereocenters. The average molecular weight is 317 g/mol. The Balaban J connectivity index is 1.86. The molecule has 1 unspecified atom stereocenters. The molecule has 0 fully saturated rings. The van der Waals surface area contributed by atoms with Crippen LogP contribution < -0.4 is 0 Å². The minimum absolute atomic E-state index is 0.116. The number of aryl methyl sites for hydroxylation is 1. The number of halogens is 1. The lowest BCUT2D eigenvalue weighted by atomic mass is 10.0. The average Bonchev–Trinajstić information content (AvgIpc) is 2.59. The standard InChI is InChI=1S/C19H21ClO2/c1-22-18(21)10-6-5-7-15-11-13-17(14-12-15)19(20)16-8-3-2-4-9-16/h2-4,8-9,11-14,19H,5-7,10H2,1H3. The summed E-state index contributed by atoms with van der Waals surface area (Å²) in [5.74, 6) is -0.136. The molecule has 2 aromatic carbocycles. The molecule has 2 nitrogen and oxygen atoms in total. The number of esters is 1. The Morgan fingerprint density at radius 3 is 2.27 bits per heavy atom. The first-order valence-corrected chi connectivity index (χ1v) is 7.99. The van der Waals surface area contributed by atoms with Gasteiger partial charge in [-0.15, -0.1) is 11.6 Å². The van der Waals surface area contributed by atoms with Crippen LogP contribution >= 0.6 is 11.6 Å². The Bertz CT molecular complexity index is 578. The quantitative estimate of drug-likeness (QED) is 0.412. The summed E-state index contributed by atoms with van der Waals surface area (Å²) in [5.41, 5.74) is 3.48. The summed E-state index contributed by atoms with van der Waals surface area (Å²) in [6.07, 6.45) is 3.30. The zero-order chi connectivity index (χ0) is 15.8. The zero-order valence-corrected chi connectivity index (χ0v) is 13.6. The van der Waals surface area contributed by atoms with Gasteiger partial charge in [0.25, 0.3) is 0 Å². The van der Waals surface area contributed by atoms with Crippen LogP contribution in [0.2, 0.25) is 0 Å². The van der Waals surface area contributed by atoms with Crippen LogP contribution in [-0.4, -0.2) is 13.1 Å². The van der Waals surface area contributed by atoms with Gasteiger partial charge in [-0.05, 0) is 36.0 Å². The number of rotatable bonds is 7. The summed E-state index contributed by atoms with van der Waals surface area (Å²) in [6.45, 7) is 0. The maximum Gasteiger partial charge on any atom is 0.305 e. The highest BCUT2D eigenvalue weighted by atomic mass is 35.5. The molecular weight excluding hydrogens is 296 g/mol. The second-order valence-electron chi connectivity index (χ2n) is 5.30. The number of hydrogen-bond donors (Lipinski definition) is 0. The third kappa shape index (κ3) is 4.88. The summed E-state index contributed by atoms with van der Waals surface area (Å²) in [4.78, 5) is 11.0. The number of hydrogen-bond acceptors (Lipinski definition) is 2. The molecule has 0 aromatic heterocycles. The number of methoxy groups -OCH3 is 1. The number of alkyl halides is 1. The molecule has 0 saturated carbocycles. The van der Waals surface area contributed by atoms with Gasteiger partial charge in [-0.1, -0.05) is 54.6 Å². The van der Waals surface area contributed by atoms with Gasteiger partial charge in [-0.2, -0.15) is 0 Å². The van der Waals surface area contributed by atoms with Gasteiger partial charge in [0.05, 0.1) is 12.5 Å². The number of unbranched alkanes of at least 4 members (excludes halogenated alkanes) is 1. The van der Waals surface area contributed by atoms with Crippen LogP contribution in [-0.2, 0) is 16.0 Å². The van der Waals surface area contributed by atoms with Crippen LogP contribution in [0.5, 0.6) is 0 Å². The fourth-order valence-corrected chi connectivity index (χ4v) is 2.66. The van der Waals surface area contributed by atoms with Crippen molar-refractivity contribution >= 4 is 17.6 Å². The number of carbonyl (C=O) groups excluding carboxylic acids is 1. The van der Waals surface area contributed by atoms with E-state index in [0.717, 1.165) is 30.4 Å². The molecule has 0 saturated heterocycles. The maximum absolute atomic E-state index is 11.0. The lowest BCUT2D eigenvalue weighted by molar-refractivity contribution is -0.140. The molecule has 3 heteroatoms. The van der Waals surface area contributed by atoms with E-state index in [1.807, 2.05) is 30.3 Å². The van der Waals surface area contributed by atoms with Crippen molar-refractivity contribution in [2.75, 3.05) is 7.11 Å². The predicted octanol–water partition coefficient (Wildman–Crippen LogP) is 4.90. The van der Waals surface area contributed by atoms with E-state index in [4.69, 9.17) is 11.6 Å². The third-order valence-electron chi connectivity index (χ3n) is 3.69. The van der Waals surface area contributed by atoms with Crippen LogP contribution in [0.3, 0.4) is 0 Å². The monoisotopic (exact) mass is 316 g/mol. The zero-order valence-electron chi connectivity index (χ0n) is 12.8. The number of carbonyl (C=O) groups is 1. The molecule has 0 bridgehead atoms. The van der Waals surface area contributed by atoms with E-state index in [-0.39, 0.29) is 11.3 Å². The van der Waals surface area contributed by atoms with Crippen molar-refractivity contribution in [1.82, 2.24) is 0 Å². The maximum atomic E-state index is 11.0. The van der Waals surface area contributed by atoms with Crippen molar-refractivity contribution in [2.24, 2.45) is 0 Å². The summed E-state index contributed by atoms with van der Waals surface area (Å²) >= 11 is 6.51. The minimum Gasteiger partial charge on any atom is -0.469 e. The summed E-state index contributed by atoms with van der Waals surface area (Å²) < 4.78 is 4.63. The fraction of sp³-hybridized carbons (Fsp3) is 0.316. The molecule has 0 spiro atoms. The molecule has 0 aliphatic carbocycles. The van der Waals surface area contributed by atoms with Gasteiger partial charge in [0.15, 0.2) is 0 Å². The molecule has 0 radical (unpaired) electrons. The van der Waals surface area contributed by atoms with Crippen molar-refractivity contribution < 1.29 is 9.53 Å². The Morgan fingerprint density at radius 2 is 1.64 bits per heavy atom. The van der Waals surface area contributed by atoms with E-state index in [0.29, 0.717) is 6.42 Å². The largest absolute Gasteiger partial charge is 0.469 e. The van der Waals surface area contributed by atoms with E-state index in [9.17, 15) is 4.79 Å². The van der Waals surface area contributed by atoms with E-state index in [2.05, 4.69) is 29.0 Å². The van der Waals surface area contributed by atoms with E-state index in [1.54, 1.807) is 0 Å². The van der Waals surface area contributed by atoms with Crippen molar-refractivity contribution in [3.8, 4) is 0 Å². The number of benzene rings is 2. The molecular formula is C19H21ClO2. The van der Waals surface area contributed by atoms with Gasteiger partial charge < -0.3 is 4.74 Å².